The van der Waals surface area contributed by atoms with Crippen LogP contribution in [0.2, 0.25) is 0 Å². The minimum atomic E-state index is 0.0817. The fourth-order valence-corrected chi connectivity index (χ4v) is 3.43. The van der Waals surface area contributed by atoms with Crippen molar-refractivity contribution in [3.05, 3.63) is 64.1 Å². The molecule has 2 heterocycles. The van der Waals surface area contributed by atoms with Crippen LogP contribution in [0.25, 0.3) is 11.0 Å². The standard InChI is InChI=1S/C19H20N2O2/c1-2-20-16-5-3-4-6-17(16)21(19(20)22)11-9-14-7-8-18-15(13-14)10-12-23-18/h3-8,13H,2,9-12H2,1H3. The molecule has 1 aromatic heterocycles. The monoisotopic (exact) mass is 308 g/mol. The van der Waals surface area contributed by atoms with Crippen LogP contribution in [0, 0.1) is 0 Å². The van der Waals surface area contributed by atoms with Crippen molar-refractivity contribution >= 4 is 11.0 Å². The summed E-state index contributed by atoms with van der Waals surface area (Å²) in [6.45, 7) is 4.19. The lowest BCUT2D eigenvalue weighted by molar-refractivity contribution is 0.357. The van der Waals surface area contributed by atoms with Crippen LogP contribution in [0.1, 0.15) is 18.1 Å². The van der Waals surface area contributed by atoms with E-state index in [9.17, 15) is 4.79 Å². The lowest BCUT2D eigenvalue weighted by Gasteiger charge is -2.06. The number of imidazole rings is 1. The molecule has 0 bridgehead atoms. The molecule has 2 aromatic carbocycles. The summed E-state index contributed by atoms with van der Waals surface area (Å²) in [6, 6.07) is 14.4. The van der Waals surface area contributed by atoms with Gasteiger partial charge in [0.15, 0.2) is 0 Å². The van der Waals surface area contributed by atoms with E-state index in [-0.39, 0.29) is 5.69 Å². The Labute approximate surface area is 134 Å². The Bertz CT molecular complexity index is 921. The maximum atomic E-state index is 12.6. The van der Waals surface area contributed by atoms with Crippen LogP contribution in [-0.2, 0) is 25.9 Å². The van der Waals surface area contributed by atoms with Gasteiger partial charge in [-0.2, -0.15) is 0 Å². The number of hydrogen-bond donors (Lipinski definition) is 0. The molecule has 0 fully saturated rings. The molecule has 0 amide bonds. The first-order chi connectivity index (χ1) is 11.3. The van der Waals surface area contributed by atoms with Crippen LogP contribution in [0.15, 0.2) is 47.3 Å². The number of benzene rings is 2. The highest BCUT2D eigenvalue weighted by Crippen LogP contribution is 2.26. The van der Waals surface area contributed by atoms with E-state index in [2.05, 4.69) is 18.2 Å². The quantitative estimate of drug-likeness (QED) is 0.743. The van der Waals surface area contributed by atoms with Gasteiger partial charge >= 0.3 is 5.69 Å². The molecule has 4 heteroatoms. The van der Waals surface area contributed by atoms with Gasteiger partial charge in [0.2, 0.25) is 0 Å². The average molecular weight is 308 g/mol. The molecule has 4 rings (SSSR count). The SMILES string of the molecule is CCn1c(=O)n(CCc2ccc3c(c2)CCO3)c2ccccc21. The second kappa shape index (κ2) is 5.61. The maximum absolute atomic E-state index is 12.6. The molecule has 1 aliphatic rings. The van der Waals surface area contributed by atoms with Gasteiger partial charge in [0, 0.05) is 19.5 Å². The molecule has 0 N–H and O–H groups in total. The molecule has 3 aromatic rings. The number of ether oxygens (including phenoxy) is 1. The topological polar surface area (TPSA) is 36.2 Å². The Morgan fingerprint density at radius 1 is 1.09 bits per heavy atom. The smallest absolute Gasteiger partial charge is 0.329 e. The molecular weight excluding hydrogens is 288 g/mol. The van der Waals surface area contributed by atoms with Crippen molar-refractivity contribution in [2.45, 2.75) is 32.9 Å². The van der Waals surface area contributed by atoms with Crippen molar-refractivity contribution in [1.82, 2.24) is 9.13 Å². The fourth-order valence-electron chi connectivity index (χ4n) is 3.43. The summed E-state index contributed by atoms with van der Waals surface area (Å²) < 4.78 is 9.28. The number of para-hydroxylation sites is 2. The molecular formula is C19H20N2O2. The lowest BCUT2D eigenvalue weighted by atomic mass is 10.1. The molecule has 0 saturated carbocycles. The summed E-state index contributed by atoms with van der Waals surface area (Å²) in [4.78, 5) is 12.6. The van der Waals surface area contributed by atoms with E-state index in [4.69, 9.17) is 4.74 Å². The van der Waals surface area contributed by atoms with Gasteiger partial charge < -0.3 is 4.74 Å². The predicted molar refractivity (Wildman–Crippen MR) is 91.2 cm³/mol. The van der Waals surface area contributed by atoms with Crippen molar-refractivity contribution < 1.29 is 4.74 Å². The molecule has 0 unspecified atom stereocenters. The van der Waals surface area contributed by atoms with Gasteiger partial charge in [-0.3, -0.25) is 9.13 Å². The van der Waals surface area contributed by atoms with E-state index in [1.54, 1.807) is 0 Å². The van der Waals surface area contributed by atoms with Gasteiger partial charge in [-0.25, -0.2) is 4.79 Å². The summed E-state index contributed by atoms with van der Waals surface area (Å²) in [5.41, 5.74) is 4.66. The van der Waals surface area contributed by atoms with Gasteiger partial charge in [0.05, 0.1) is 17.6 Å². The zero-order chi connectivity index (χ0) is 15.8. The number of aryl methyl sites for hydroxylation is 3. The first-order valence-corrected chi connectivity index (χ1v) is 8.20. The molecule has 0 atom stereocenters. The molecule has 23 heavy (non-hydrogen) atoms. The first-order valence-electron chi connectivity index (χ1n) is 8.20. The minimum absolute atomic E-state index is 0.0817. The number of nitrogens with zero attached hydrogens (tertiary/aromatic N) is 2. The molecule has 4 nitrogen and oxygen atoms in total. The number of fused-ring (bicyclic) bond motifs is 2. The lowest BCUT2D eigenvalue weighted by Crippen LogP contribution is -2.24. The first kappa shape index (κ1) is 14.1. The number of hydrogen-bond acceptors (Lipinski definition) is 2. The summed E-state index contributed by atoms with van der Waals surface area (Å²) in [6.07, 6.45) is 1.84. The highest BCUT2D eigenvalue weighted by Gasteiger charge is 2.14. The second-order valence-corrected chi connectivity index (χ2v) is 5.96. The Kier molecular flexibility index (Phi) is 3.45. The van der Waals surface area contributed by atoms with Gasteiger partial charge in [0.25, 0.3) is 0 Å². The minimum Gasteiger partial charge on any atom is -0.493 e. The van der Waals surface area contributed by atoms with Crippen molar-refractivity contribution in [1.29, 1.82) is 0 Å². The Morgan fingerprint density at radius 3 is 2.65 bits per heavy atom. The van der Waals surface area contributed by atoms with E-state index in [0.29, 0.717) is 13.1 Å². The van der Waals surface area contributed by atoms with Crippen LogP contribution in [-0.4, -0.2) is 15.7 Å². The van der Waals surface area contributed by atoms with Gasteiger partial charge in [0.1, 0.15) is 5.75 Å². The predicted octanol–water partition coefficient (Wildman–Crippen LogP) is 3.00. The summed E-state index contributed by atoms with van der Waals surface area (Å²) in [5, 5.41) is 0. The second-order valence-electron chi connectivity index (χ2n) is 5.96. The molecule has 118 valence electrons. The van der Waals surface area contributed by atoms with Crippen molar-refractivity contribution in [3.63, 3.8) is 0 Å². The summed E-state index contributed by atoms with van der Waals surface area (Å²) >= 11 is 0. The van der Waals surface area contributed by atoms with Gasteiger partial charge in [-0.05, 0) is 42.7 Å². The molecule has 0 aliphatic carbocycles. The maximum Gasteiger partial charge on any atom is 0.329 e. The van der Waals surface area contributed by atoms with Gasteiger partial charge in [-0.15, -0.1) is 0 Å². The fraction of sp³-hybridized carbons (Fsp3) is 0.316. The summed E-state index contributed by atoms with van der Waals surface area (Å²) in [7, 11) is 0. The largest absolute Gasteiger partial charge is 0.493 e. The van der Waals surface area contributed by atoms with Crippen molar-refractivity contribution in [3.8, 4) is 5.75 Å². The normalized spacial score (nSPS) is 13.3. The summed E-state index contributed by atoms with van der Waals surface area (Å²) in [5.74, 6) is 1.01. The Morgan fingerprint density at radius 2 is 1.87 bits per heavy atom. The molecule has 0 radical (unpaired) electrons. The molecule has 0 spiro atoms. The van der Waals surface area contributed by atoms with Crippen molar-refractivity contribution in [2.24, 2.45) is 0 Å². The van der Waals surface area contributed by atoms with E-state index in [0.717, 1.165) is 36.2 Å². The van der Waals surface area contributed by atoms with Crippen LogP contribution in [0.5, 0.6) is 5.75 Å². The van der Waals surface area contributed by atoms with E-state index < -0.39 is 0 Å². The van der Waals surface area contributed by atoms with Crippen LogP contribution in [0.3, 0.4) is 0 Å². The zero-order valence-corrected chi connectivity index (χ0v) is 13.3. The van der Waals surface area contributed by atoms with E-state index in [1.165, 1.54) is 11.1 Å². The third kappa shape index (κ3) is 2.34. The van der Waals surface area contributed by atoms with Crippen LogP contribution >= 0.6 is 0 Å². The van der Waals surface area contributed by atoms with E-state index >= 15 is 0 Å². The number of aromatic nitrogens is 2. The van der Waals surface area contributed by atoms with Gasteiger partial charge in [-0.1, -0.05) is 24.3 Å². The zero-order valence-electron chi connectivity index (χ0n) is 13.3. The molecule has 1 aliphatic heterocycles. The number of rotatable bonds is 4. The highest BCUT2D eigenvalue weighted by atomic mass is 16.5. The Balaban J connectivity index is 1.66. The third-order valence-corrected chi connectivity index (χ3v) is 4.62. The van der Waals surface area contributed by atoms with Crippen molar-refractivity contribution in [2.75, 3.05) is 6.61 Å². The van der Waals surface area contributed by atoms with Crippen LogP contribution in [0.4, 0.5) is 0 Å². The molecule has 0 saturated heterocycles. The third-order valence-electron chi connectivity index (χ3n) is 4.62. The van der Waals surface area contributed by atoms with Crippen LogP contribution < -0.4 is 10.4 Å². The highest BCUT2D eigenvalue weighted by molar-refractivity contribution is 5.75. The Hall–Kier alpha value is -2.49. The average Bonchev–Trinajstić information content (AvgIpc) is 3.14. The van der Waals surface area contributed by atoms with E-state index in [1.807, 2.05) is 40.3 Å².